The summed E-state index contributed by atoms with van der Waals surface area (Å²) in [7, 11) is 0. The van der Waals surface area contributed by atoms with E-state index in [0.29, 0.717) is 0 Å². The van der Waals surface area contributed by atoms with E-state index < -0.39 is 17.4 Å². The van der Waals surface area contributed by atoms with Crippen molar-refractivity contribution in [3.8, 4) is 0 Å². The Balaban J connectivity index is 1.86. The van der Waals surface area contributed by atoms with Crippen molar-refractivity contribution < 1.29 is 19.4 Å². The zero-order chi connectivity index (χ0) is 13.9. The highest BCUT2D eigenvalue weighted by atomic mass is 32.2. The molecule has 0 aromatic rings. The number of carboxylic acids is 1. The van der Waals surface area contributed by atoms with Crippen LogP contribution in [-0.4, -0.2) is 53.9 Å². The Hall–Kier alpha value is -0.950. The van der Waals surface area contributed by atoms with E-state index in [9.17, 15) is 14.7 Å². The van der Waals surface area contributed by atoms with Crippen LogP contribution in [0.3, 0.4) is 0 Å². The van der Waals surface area contributed by atoms with Gasteiger partial charge in [-0.3, -0.25) is 4.79 Å². The number of amides is 2. The number of thioether (sulfide) groups is 1. The van der Waals surface area contributed by atoms with E-state index in [1.54, 1.807) is 6.92 Å². The molecule has 0 bridgehead atoms. The number of carbonyl (C=O) groups is 2. The van der Waals surface area contributed by atoms with Crippen LogP contribution in [0, 0.1) is 5.41 Å². The second-order valence-corrected chi connectivity index (χ2v) is 6.52. The highest BCUT2D eigenvalue weighted by molar-refractivity contribution is 7.99. The number of ether oxygens (including phenoxy) is 1. The lowest BCUT2D eigenvalue weighted by Crippen LogP contribution is -2.54. The summed E-state index contributed by atoms with van der Waals surface area (Å²) in [5.41, 5.74) is -1.04. The van der Waals surface area contributed by atoms with E-state index in [4.69, 9.17) is 4.74 Å². The lowest BCUT2D eigenvalue weighted by Gasteiger charge is -2.28. The third kappa shape index (κ3) is 3.33. The Kier molecular flexibility index (Phi) is 4.57. The van der Waals surface area contributed by atoms with Crippen LogP contribution in [0.1, 0.15) is 19.8 Å². The predicted molar refractivity (Wildman–Crippen MR) is 72.4 cm³/mol. The first kappa shape index (κ1) is 14.5. The lowest BCUT2D eigenvalue weighted by atomic mass is 9.85. The molecule has 0 spiro atoms. The number of hydrogen-bond donors (Lipinski definition) is 3. The van der Waals surface area contributed by atoms with Crippen molar-refractivity contribution in [2.75, 3.05) is 24.7 Å². The van der Waals surface area contributed by atoms with Gasteiger partial charge in [-0.25, -0.2) is 4.79 Å². The van der Waals surface area contributed by atoms with E-state index in [2.05, 4.69) is 10.6 Å². The zero-order valence-corrected chi connectivity index (χ0v) is 11.8. The maximum atomic E-state index is 11.9. The molecule has 19 heavy (non-hydrogen) atoms. The van der Waals surface area contributed by atoms with Crippen LogP contribution in [0.4, 0.5) is 4.79 Å². The molecule has 108 valence electrons. The molecule has 2 amide bonds. The van der Waals surface area contributed by atoms with Crippen LogP contribution < -0.4 is 10.6 Å². The molecule has 2 rings (SSSR count). The van der Waals surface area contributed by atoms with Gasteiger partial charge in [-0.2, -0.15) is 11.8 Å². The lowest BCUT2D eigenvalue weighted by molar-refractivity contribution is -0.148. The molecule has 6 nitrogen and oxygen atoms in total. The number of urea groups is 1. The Morgan fingerprint density at radius 2 is 2.00 bits per heavy atom. The molecule has 2 aliphatic rings. The minimum atomic E-state index is -1.04. The van der Waals surface area contributed by atoms with Crippen molar-refractivity contribution in [2.45, 2.75) is 31.8 Å². The van der Waals surface area contributed by atoms with Crippen LogP contribution in [0.2, 0.25) is 0 Å². The highest BCUT2D eigenvalue weighted by Crippen LogP contribution is 2.28. The molecule has 0 aromatic heterocycles. The number of nitrogens with one attached hydrogen (secondary N) is 2. The average molecular weight is 288 g/mol. The van der Waals surface area contributed by atoms with Gasteiger partial charge in [0.25, 0.3) is 0 Å². The second-order valence-electron chi connectivity index (χ2n) is 5.29. The van der Waals surface area contributed by atoms with Crippen LogP contribution in [0.25, 0.3) is 0 Å². The molecule has 2 fully saturated rings. The summed E-state index contributed by atoms with van der Waals surface area (Å²) in [6.45, 7) is 1.98. The molecule has 0 aromatic carbocycles. The fourth-order valence-corrected chi connectivity index (χ4v) is 3.42. The average Bonchev–Trinajstić information content (AvgIpc) is 2.73. The molecule has 0 aliphatic carbocycles. The number of hydrogen-bond acceptors (Lipinski definition) is 4. The topological polar surface area (TPSA) is 87.7 Å². The van der Waals surface area contributed by atoms with Crippen molar-refractivity contribution in [2.24, 2.45) is 5.41 Å². The number of aliphatic carboxylic acids is 1. The Bertz CT molecular complexity index is 360. The van der Waals surface area contributed by atoms with E-state index in [1.807, 2.05) is 11.8 Å². The maximum Gasteiger partial charge on any atom is 0.315 e. The van der Waals surface area contributed by atoms with Crippen molar-refractivity contribution in [3.05, 3.63) is 0 Å². The Labute approximate surface area is 116 Å². The first-order valence-corrected chi connectivity index (χ1v) is 7.64. The molecular formula is C12H20N2O4S. The van der Waals surface area contributed by atoms with Gasteiger partial charge in [0.05, 0.1) is 19.3 Å². The zero-order valence-electron chi connectivity index (χ0n) is 11.0. The summed E-state index contributed by atoms with van der Waals surface area (Å²) in [6, 6.07) is -0.581. The van der Waals surface area contributed by atoms with Crippen molar-refractivity contribution >= 4 is 23.8 Å². The fraction of sp³-hybridized carbons (Fsp3) is 0.833. The van der Waals surface area contributed by atoms with Gasteiger partial charge in [0, 0.05) is 6.04 Å². The van der Waals surface area contributed by atoms with Crippen LogP contribution in [0.5, 0.6) is 0 Å². The predicted octanol–water partition coefficient (Wildman–Crippen LogP) is 0.671. The fourth-order valence-electron chi connectivity index (χ4n) is 2.31. The molecule has 3 N–H and O–H groups in total. The van der Waals surface area contributed by atoms with Crippen LogP contribution in [-0.2, 0) is 9.53 Å². The molecule has 2 atom stereocenters. The summed E-state index contributed by atoms with van der Waals surface area (Å²) < 4.78 is 5.20. The van der Waals surface area contributed by atoms with Gasteiger partial charge in [-0.1, -0.05) is 0 Å². The molecule has 0 saturated carbocycles. The number of rotatable bonds is 3. The summed E-state index contributed by atoms with van der Waals surface area (Å²) in [6.07, 6.45) is 1.94. The van der Waals surface area contributed by atoms with Crippen molar-refractivity contribution in [1.29, 1.82) is 0 Å². The van der Waals surface area contributed by atoms with Gasteiger partial charge in [0.2, 0.25) is 0 Å². The Morgan fingerprint density at radius 1 is 1.32 bits per heavy atom. The molecule has 2 heterocycles. The monoisotopic (exact) mass is 288 g/mol. The number of carboxylic acid groups (broad SMARTS) is 1. The van der Waals surface area contributed by atoms with Crippen LogP contribution >= 0.6 is 11.8 Å². The Morgan fingerprint density at radius 3 is 2.63 bits per heavy atom. The quantitative estimate of drug-likeness (QED) is 0.710. The van der Waals surface area contributed by atoms with Crippen molar-refractivity contribution in [1.82, 2.24) is 10.6 Å². The summed E-state index contributed by atoms with van der Waals surface area (Å²) in [5, 5.41) is 14.9. The van der Waals surface area contributed by atoms with E-state index in [1.165, 1.54) is 0 Å². The first-order valence-electron chi connectivity index (χ1n) is 6.48. The molecular weight excluding hydrogens is 268 g/mol. The van der Waals surface area contributed by atoms with Gasteiger partial charge in [0.1, 0.15) is 5.41 Å². The van der Waals surface area contributed by atoms with Gasteiger partial charge in [0.15, 0.2) is 0 Å². The SMILES string of the molecule is CC1(C(=O)O)COCC1NC(=O)NC1CCSCC1. The molecule has 0 radical (unpaired) electrons. The third-order valence-electron chi connectivity index (χ3n) is 3.81. The minimum absolute atomic E-state index is 0.132. The maximum absolute atomic E-state index is 11.9. The summed E-state index contributed by atoms with van der Waals surface area (Å²) >= 11 is 1.89. The number of carbonyl (C=O) groups excluding carboxylic acids is 1. The molecule has 2 unspecified atom stereocenters. The van der Waals surface area contributed by atoms with E-state index in [-0.39, 0.29) is 25.3 Å². The summed E-state index contributed by atoms with van der Waals surface area (Å²) in [4.78, 5) is 23.2. The van der Waals surface area contributed by atoms with E-state index >= 15 is 0 Å². The van der Waals surface area contributed by atoms with Crippen molar-refractivity contribution in [3.63, 3.8) is 0 Å². The normalized spacial score (nSPS) is 31.9. The minimum Gasteiger partial charge on any atom is -0.481 e. The standard InChI is InChI=1S/C12H20N2O4S/c1-12(10(15)16)7-18-6-9(12)14-11(17)13-8-2-4-19-5-3-8/h8-9H,2-7H2,1H3,(H,15,16)(H2,13,14,17). The molecule has 7 heteroatoms. The molecule has 2 saturated heterocycles. The van der Waals surface area contributed by atoms with Gasteiger partial charge >= 0.3 is 12.0 Å². The third-order valence-corrected chi connectivity index (χ3v) is 4.85. The van der Waals surface area contributed by atoms with Gasteiger partial charge in [-0.15, -0.1) is 0 Å². The van der Waals surface area contributed by atoms with Gasteiger partial charge in [-0.05, 0) is 31.3 Å². The van der Waals surface area contributed by atoms with Crippen LogP contribution in [0.15, 0.2) is 0 Å². The van der Waals surface area contributed by atoms with Gasteiger partial charge < -0.3 is 20.5 Å². The smallest absolute Gasteiger partial charge is 0.315 e. The second kappa shape index (κ2) is 6.00. The molecule has 2 aliphatic heterocycles. The largest absolute Gasteiger partial charge is 0.481 e. The summed E-state index contributed by atoms with van der Waals surface area (Å²) in [5.74, 6) is 1.18. The first-order chi connectivity index (χ1) is 9.02. The van der Waals surface area contributed by atoms with E-state index in [0.717, 1.165) is 24.3 Å². The highest BCUT2D eigenvalue weighted by Gasteiger charge is 2.47.